The zero-order valence-corrected chi connectivity index (χ0v) is 14.8. The van der Waals surface area contributed by atoms with E-state index in [4.69, 9.17) is 0 Å². The number of fused-ring (bicyclic) bond motifs is 5. The van der Waals surface area contributed by atoms with Crippen molar-refractivity contribution in [3.8, 4) is 0 Å². The number of nitrogens with one attached hydrogen (secondary N) is 1. The quantitative estimate of drug-likeness (QED) is 0.590. The molecule has 0 radical (unpaired) electrons. The number of nitrogens with zero attached hydrogens (tertiary/aromatic N) is 1. The summed E-state index contributed by atoms with van der Waals surface area (Å²) >= 11 is 0. The Labute approximate surface area is 140 Å². The Balaban J connectivity index is 1.61. The second-order valence-corrected chi connectivity index (χ2v) is 9.20. The van der Waals surface area contributed by atoms with Gasteiger partial charge in [-0.2, -0.15) is 5.10 Å². The van der Waals surface area contributed by atoms with Gasteiger partial charge < -0.3 is 0 Å². The molecule has 3 nitrogen and oxygen atoms in total. The lowest BCUT2D eigenvalue weighted by atomic mass is 9.45. The van der Waals surface area contributed by atoms with E-state index in [2.05, 4.69) is 24.4 Å². The van der Waals surface area contributed by atoms with Crippen molar-refractivity contribution in [1.29, 1.82) is 0 Å². The molecule has 4 rings (SSSR count). The molecule has 23 heavy (non-hydrogen) atoms. The summed E-state index contributed by atoms with van der Waals surface area (Å²) in [6, 6.07) is 0. The van der Waals surface area contributed by atoms with Crippen molar-refractivity contribution in [2.75, 3.05) is 0 Å². The summed E-state index contributed by atoms with van der Waals surface area (Å²) in [4.78, 5) is 10.6. The Kier molecular flexibility index (Phi) is 3.81. The van der Waals surface area contributed by atoms with Crippen LogP contribution in [0.2, 0.25) is 0 Å². The van der Waals surface area contributed by atoms with E-state index in [1.807, 2.05) is 0 Å². The van der Waals surface area contributed by atoms with Gasteiger partial charge >= 0.3 is 0 Å². The number of amides is 1. The first kappa shape index (κ1) is 15.7. The molecule has 0 unspecified atom stereocenters. The maximum Gasteiger partial charge on any atom is 0.227 e. The van der Waals surface area contributed by atoms with E-state index < -0.39 is 0 Å². The fraction of sp³-hybridized carbons (Fsp3) is 0.900. The molecular weight excluding hydrogens is 284 g/mol. The molecule has 6 atom stereocenters. The van der Waals surface area contributed by atoms with Gasteiger partial charge in [-0.3, -0.25) is 4.79 Å². The molecule has 4 aliphatic carbocycles. The SMILES string of the molecule is C[C@]12CCCC[C@@H]1CC[C@H]1[C@H]2CC[C@]2(C)/C(=N\NC=O)CC[C@@H]12. The average Bonchev–Trinajstić information content (AvgIpc) is 2.89. The lowest BCUT2D eigenvalue weighted by Crippen LogP contribution is -2.52. The van der Waals surface area contributed by atoms with Crippen LogP contribution in [-0.4, -0.2) is 12.1 Å². The van der Waals surface area contributed by atoms with Gasteiger partial charge in [0.15, 0.2) is 0 Å². The van der Waals surface area contributed by atoms with Crippen LogP contribution in [0.4, 0.5) is 0 Å². The van der Waals surface area contributed by atoms with Crippen LogP contribution in [0.3, 0.4) is 0 Å². The molecule has 4 saturated carbocycles. The number of carbonyl (C=O) groups is 1. The third kappa shape index (κ3) is 2.21. The van der Waals surface area contributed by atoms with Gasteiger partial charge in [-0.15, -0.1) is 0 Å². The number of hydrazone groups is 1. The predicted octanol–water partition coefficient (Wildman–Crippen LogP) is 4.52. The zero-order valence-electron chi connectivity index (χ0n) is 14.8. The first-order valence-electron chi connectivity index (χ1n) is 9.86. The number of carbonyl (C=O) groups excluding carboxylic acids is 1. The smallest absolute Gasteiger partial charge is 0.227 e. The van der Waals surface area contributed by atoms with Crippen LogP contribution in [0, 0.1) is 34.5 Å². The van der Waals surface area contributed by atoms with Gasteiger partial charge in [-0.05, 0) is 80.5 Å². The summed E-state index contributed by atoms with van der Waals surface area (Å²) in [5, 5.41) is 4.43. The molecule has 0 aromatic rings. The summed E-state index contributed by atoms with van der Waals surface area (Å²) in [7, 11) is 0. The third-order valence-electron chi connectivity index (χ3n) is 8.58. The summed E-state index contributed by atoms with van der Waals surface area (Å²) in [6.07, 6.45) is 14.5. The van der Waals surface area contributed by atoms with E-state index in [1.54, 1.807) is 0 Å². The number of hydrogen-bond donors (Lipinski definition) is 1. The Morgan fingerprint density at radius 2 is 1.91 bits per heavy atom. The van der Waals surface area contributed by atoms with Crippen LogP contribution in [0.15, 0.2) is 5.10 Å². The van der Waals surface area contributed by atoms with Crippen LogP contribution in [-0.2, 0) is 4.79 Å². The summed E-state index contributed by atoms with van der Waals surface area (Å²) < 4.78 is 0. The van der Waals surface area contributed by atoms with Gasteiger partial charge in [-0.1, -0.05) is 26.7 Å². The minimum atomic E-state index is 0.245. The lowest BCUT2D eigenvalue weighted by molar-refractivity contribution is -0.109. The van der Waals surface area contributed by atoms with Crippen molar-refractivity contribution < 1.29 is 4.79 Å². The molecule has 0 aromatic heterocycles. The fourth-order valence-electron chi connectivity index (χ4n) is 7.37. The van der Waals surface area contributed by atoms with Gasteiger partial charge in [0.25, 0.3) is 0 Å². The Morgan fingerprint density at radius 3 is 2.74 bits per heavy atom. The second kappa shape index (κ2) is 5.60. The first-order valence-corrected chi connectivity index (χ1v) is 9.86. The highest BCUT2D eigenvalue weighted by molar-refractivity contribution is 5.92. The van der Waals surface area contributed by atoms with E-state index in [1.165, 1.54) is 63.5 Å². The molecule has 0 aliphatic heterocycles. The minimum Gasteiger partial charge on any atom is -0.277 e. The molecular formula is C20H32N2O. The van der Waals surface area contributed by atoms with Gasteiger partial charge in [0.05, 0.1) is 0 Å². The molecule has 0 heterocycles. The molecule has 0 saturated heterocycles. The highest BCUT2D eigenvalue weighted by Gasteiger charge is 2.58. The van der Waals surface area contributed by atoms with Crippen LogP contribution in [0.25, 0.3) is 0 Å². The Hall–Kier alpha value is -0.860. The minimum absolute atomic E-state index is 0.245. The summed E-state index contributed by atoms with van der Waals surface area (Å²) in [5.74, 6) is 3.64. The zero-order chi connectivity index (χ0) is 16.1. The molecule has 0 bridgehead atoms. The van der Waals surface area contributed by atoms with E-state index in [0.29, 0.717) is 11.8 Å². The highest BCUT2D eigenvalue weighted by Crippen LogP contribution is 2.65. The van der Waals surface area contributed by atoms with Gasteiger partial charge in [0, 0.05) is 11.1 Å². The molecule has 1 N–H and O–H groups in total. The van der Waals surface area contributed by atoms with Crippen LogP contribution in [0.5, 0.6) is 0 Å². The molecule has 0 spiro atoms. The lowest BCUT2D eigenvalue weighted by Gasteiger charge is -2.59. The predicted molar refractivity (Wildman–Crippen MR) is 93.0 cm³/mol. The topological polar surface area (TPSA) is 41.5 Å². The monoisotopic (exact) mass is 316 g/mol. The molecule has 4 fully saturated rings. The van der Waals surface area contributed by atoms with Crippen molar-refractivity contribution in [2.45, 2.75) is 78.1 Å². The number of rotatable bonds is 2. The molecule has 4 aliphatic rings. The second-order valence-electron chi connectivity index (χ2n) is 9.20. The first-order chi connectivity index (χ1) is 11.1. The molecule has 1 amide bonds. The molecule has 0 aromatic carbocycles. The number of hydrogen-bond acceptors (Lipinski definition) is 2. The van der Waals surface area contributed by atoms with Gasteiger partial charge in [0.2, 0.25) is 6.41 Å². The van der Waals surface area contributed by atoms with E-state index in [-0.39, 0.29) is 5.41 Å². The maximum atomic E-state index is 10.6. The summed E-state index contributed by atoms with van der Waals surface area (Å²) in [6.45, 7) is 5.07. The van der Waals surface area contributed by atoms with E-state index >= 15 is 0 Å². The Bertz CT molecular complexity index is 516. The van der Waals surface area contributed by atoms with Gasteiger partial charge in [-0.25, -0.2) is 5.43 Å². The average molecular weight is 316 g/mol. The van der Waals surface area contributed by atoms with Crippen LogP contribution >= 0.6 is 0 Å². The van der Waals surface area contributed by atoms with Crippen LogP contribution < -0.4 is 5.43 Å². The van der Waals surface area contributed by atoms with Crippen molar-refractivity contribution in [2.24, 2.45) is 39.6 Å². The van der Waals surface area contributed by atoms with Crippen molar-refractivity contribution in [1.82, 2.24) is 5.43 Å². The largest absolute Gasteiger partial charge is 0.277 e. The van der Waals surface area contributed by atoms with Crippen molar-refractivity contribution in [3.05, 3.63) is 0 Å². The Morgan fingerprint density at radius 1 is 1.04 bits per heavy atom. The normalized spacial score (nSPS) is 50.8. The van der Waals surface area contributed by atoms with E-state index in [9.17, 15) is 4.79 Å². The maximum absolute atomic E-state index is 10.6. The van der Waals surface area contributed by atoms with E-state index in [0.717, 1.165) is 30.1 Å². The van der Waals surface area contributed by atoms with Crippen molar-refractivity contribution in [3.63, 3.8) is 0 Å². The highest BCUT2D eigenvalue weighted by atomic mass is 16.1. The standard InChI is InChI=1S/C20H32N2O/c1-19-11-4-3-5-14(19)6-7-15-16-8-9-18(22-21-13-23)20(16,2)12-10-17(15)19/h13-17H,3-12H2,1-2H3,(H,21,23)/b22-18-/t14-,15-,16+,17-,19+,20+/m1/s1. The van der Waals surface area contributed by atoms with Crippen LogP contribution in [0.1, 0.15) is 78.1 Å². The summed E-state index contributed by atoms with van der Waals surface area (Å²) in [5.41, 5.74) is 4.71. The third-order valence-corrected chi connectivity index (χ3v) is 8.58. The van der Waals surface area contributed by atoms with Crippen molar-refractivity contribution >= 4 is 12.1 Å². The molecule has 128 valence electrons. The molecule has 3 heteroatoms. The fourth-order valence-corrected chi connectivity index (χ4v) is 7.37. The van der Waals surface area contributed by atoms with Gasteiger partial charge in [0.1, 0.15) is 0 Å².